The highest BCUT2D eigenvalue weighted by atomic mass is 14.4. The number of hydrogen-bond donors (Lipinski definition) is 2. The van der Waals surface area contributed by atoms with Crippen molar-refractivity contribution in [2.75, 3.05) is 0 Å². The van der Waals surface area contributed by atoms with E-state index in [1.165, 1.54) is 70.2 Å². The first-order valence-corrected chi connectivity index (χ1v) is 6.41. The second kappa shape index (κ2) is 19.0. The summed E-state index contributed by atoms with van der Waals surface area (Å²) in [5.74, 6) is 0. The monoisotopic (exact) mass is 212 g/mol. The second-order valence-electron chi connectivity index (χ2n) is 3.95. The third-order valence-electron chi connectivity index (χ3n) is 2.46. The molecule has 0 fully saturated rings. The van der Waals surface area contributed by atoms with E-state index < -0.39 is 0 Å². The fourth-order valence-corrected chi connectivity index (χ4v) is 1.56. The van der Waals surface area contributed by atoms with Gasteiger partial charge in [0.25, 0.3) is 0 Å². The Morgan fingerprint density at radius 2 is 0.800 bits per heavy atom. The fourth-order valence-electron chi connectivity index (χ4n) is 1.56. The van der Waals surface area contributed by atoms with Gasteiger partial charge in [-0.3, -0.25) is 0 Å². The fraction of sp³-hybridized carbons (Fsp3) is 0.923. The van der Waals surface area contributed by atoms with Crippen LogP contribution in [0.2, 0.25) is 0 Å². The van der Waals surface area contributed by atoms with E-state index in [1.54, 1.807) is 0 Å². The molecule has 0 radical (unpaired) electrons. The summed E-state index contributed by atoms with van der Waals surface area (Å²) in [5.41, 5.74) is 0. The van der Waals surface area contributed by atoms with Crippen LogP contribution in [-0.4, -0.2) is 6.01 Å². The van der Waals surface area contributed by atoms with Crippen LogP contribution in [0.1, 0.15) is 78.1 Å². The van der Waals surface area contributed by atoms with Crippen molar-refractivity contribution >= 4 is 6.01 Å². The molecule has 0 aliphatic carbocycles. The van der Waals surface area contributed by atoms with Crippen molar-refractivity contribution in [2.45, 2.75) is 78.1 Å². The number of rotatable bonds is 9. The molecule has 0 aliphatic rings. The molecule has 2 N–H and O–H groups in total. The first-order chi connectivity index (χ1) is 7.33. The number of unbranched alkanes of at least 4 members (excludes halogenated alkanes) is 9. The molecule has 15 heavy (non-hydrogen) atoms. The van der Waals surface area contributed by atoms with Crippen LogP contribution in [0.15, 0.2) is 0 Å². The van der Waals surface area contributed by atoms with E-state index in [2.05, 4.69) is 13.8 Å². The summed E-state index contributed by atoms with van der Waals surface area (Å²) in [6.45, 7) is 4.56. The molecule has 0 amide bonds. The lowest BCUT2D eigenvalue weighted by molar-refractivity contribution is 0.562. The van der Waals surface area contributed by atoms with Crippen LogP contribution < -0.4 is 0 Å². The lowest BCUT2D eigenvalue weighted by Gasteiger charge is -1.99. The van der Waals surface area contributed by atoms with Crippen molar-refractivity contribution in [3.63, 3.8) is 0 Å². The predicted molar refractivity (Wildman–Crippen MR) is 68.0 cm³/mol. The standard InChI is InChI=1S/C12H26.CH2N2/c1-3-5-7-9-11-12-10-8-6-4-2;2-1-3/h3-12H2,1-2H3;2-3H. The lowest BCUT2D eigenvalue weighted by atomic mass is 10.1. The molecule has 0 aromatic carbocycles. The van der Waals surface area contributed by atoms with Gasteiger partial charge < -0.3 is 0 Å². The average molecular weight is 212 g/mol. The smallest absolute Gasteiger partial charge is 0.0831 e. The Bertz CT molecular complexity index is 116. The highest BCUT2D eigenvalue weighted by molar-refractivity contribution is 5.29. The van der Waals surface area contributed by atoms with Crippen LogP contribution in [-0.2, 0) is 0 Å². The molecule has 0 saturated heterocycles. The van der Waals surface area contributed by atoms with Crippen LogP contribution in [0.3, 0.4) is 0 Å². The molecular formula is C13H28N2. The molecule has 0 aromatic heterocycles. The van der Waals surface area contributed by atoms with Gasteiger partial charge in [-0.05, 0) is 0 Å². The van der Waals surface area contributed by atoms with Crippen molar-refractivity contribution in [1.29, 1.82) is 10.8 Å². The van der Waals surface area contributed by atoms with E-state index in [0.717, 1.165) is 0 Å². The minimum absolute atomic E-state index is 1.25. The van der Waals surface area contributed by atoms with Crippen LogP contribution in [0.25, 0.3) is 0 Å². The average Bonchev–Trinajstić information content (AvgIpc) is 2.23. The minimum Gasteiger partial charge on any atom is -0.242 e. The predicted octanol–water partition coefficient (Wildman–Crippen LogP) is 5.25. The van der Waals surface area contributed by atoms with Crippen molar-refractivity contribution in [3.8, 4) is 0 Å². The topological polar surface area (TPSA) is 47.7 Å². The molecule has 0 saturated carbocycles. The van der Waals surface area contributed by atoms with Crippen molar-refractivity contribution in [3.05, 3.63) is 0 Å². The van der Waals surface area contributed by atoms with Crippen LogP contribution in [0.4, 0.5) is 0 Å². The van der Waals surface area contributed by atoms with Gasteiger partial charge in [0.05, 0.1) is 6.01 Å². The summed E-state index contributed by atoms with van der Waals surface area (Å²) < 4.78 is 0. The van der Waals surface area contributed by atoms with Gasteiger partial charge in [-0.1, -0.05) is 78.1 Å². The molecule has 0 unspecified atom stereocenters. The highest BCUT2D eigenvalue weighted by Gasteiger charge is 1.90. The van der Waals surface area contributed by atoms with Gasteiger partial charge in [0.15, 0.2) is 0 Å². The molecule has 0 spiro atoms. The third kappa shape index (κ3) is 24.7. The summed E-state index contributed by atoms with van der Waals surface area (Å²) in [6, 6.07) is 1.25. The van der Waals surface area contributed by atoms with E-state index in [1.807, 2.05) is 0 Å². The maximum Gasteiger partial charge on any atom is 0.0831 e. The Kier molecular flexibility index (Phi) is 21.3. The summed E-state index contributed by atoms with van der Waals surface area (Å²) >= 11 is 0. The van der Waals surface area contributed by atoms with Gasteiger partial charge >= 0.3 is 0 Å². The highest BCUT2D eigenvalue weighted by Crippen LogP contribution is 2.09. The van der Waals surface area contributed by atoms with Crippen molar-refractivity contribution in [2.24, 2.45) is 0 Å². The lowest BCUT2D eigenvalue weighted by Crippen LogP contribution is -1.80. The summed E-state index contributed by atoms with van der Waals surface area (Å²) in [6.07, 6.45) is 14.4. The van der Waals surface area contributed by atoms with E-state index in [-0.39, 0.29) is 0 Å². The Hall–Kier alpha value is -0.620. The van der Waals surface area contributed by atoms with Crippen LogP contribution in [0.5, 0.6) is 0 Å². The molecule has 2 nitrogen and oxygen atoms in total. The largest absolute Gasteiger partial charge is 0.242 e. The molecular weight excluding hydrogens is 184 g/mol. The molecule has 90 valence electrons. The maximum absolute atomic E-state index is 5.62. The number of hydrogen-bond acceptors (Lipinski definition) is 2. The van der Waals surface area contributed by atoms with E-state index in [4.69, 9.17) is 10.8 Å². The molecule has 0 heterocycles. The minimum atomic E-state index is 1.25. The normalized spacial score (nSPS) is 8.93. The molecule has 2 heteroatoms. The van der Waals surface area contributed by atoms with Gasteiger partial charge in [-0.25, -0.2) is 10.8 Å². The zero-order chi connectivity index (χ0) is 11.8. The second-order valence-corrected chi connectivity index (χ2v) is 3.95. The van der Waals surface area contributed by atoms with Crippen molar-refractivity contribution in [1.82, 2.24) is 0 Å². The van der Waals surface area contributed by atoms with E-state index >= 15 is 0 Å². The van der Waals surface area contributed by atoms with Gasteiger partial charge in [-0.15, -0.1) is 0 Å². The molecule has 0 rings (SSSR count). The third-order valence-corrected chi connectivity index (χ3v) is 2.46. The molecule has 0 bridgehead atoms. The zero-order valence-electron chi connectivity index (χ0n) is 10.6. The summed E-state index contributed by atoms with van der Waals surface area (Å²) in [7, 11) is 0. The summed E-state index contributed by atoms with van der Waals surface area (Å²) in [4.78, 5) is 0. The van der Waals surface area contributed by atoms with Gasteiger partial charge in [0.2, 0.25) is 0 Å². The van der Waals surface area contributed by atoms with Crippen LogP contribution >= 0.6 is 0 Å². The van der Waals surface area contributed by atoms with Gasteiger partial charge in [-0.2, -0.15) is 0 Å². The maximum atomic E-state index is 5.62. The quantitative estimate of drug-likeness (QED) is 0.387. The SMILES string of the molecule is CCCCCCCCCCCC.N=C=N. The number of nitrogens with one attached hydrogen (secondary N) is 2. The molecule has 0 aliphatic heterocycles. The van der Waals surface area contributed by atoms with Gasteiger partial charge in [0.1, 0.15) is 0 Å². The Morgan fingerprint density at radius 1 is 0.600 bits per heavy atom. The van der Waals surface area contributed by atoms with E-state index in [0.29, 0.717) is 0 Å². The van der Waals surface area contributed by atoms with E-state index in [9.17, 15) is 0 Å². The summed E-state index contributed by atoms with van der Waals surface area (Å²) in [5, 5.41) is 11.2. The Balaban J connectivity index is 0. The Morgan fingerprint density at radius 3 is 1.00 bits per heavy atom. The Labute approximate surface area is 95.5 Å². The molecule has 0 aromatic rings. The van der Waals surface area contributed by atoms with Gasteiger partial charge in [0, 0.05) is 0 Å². The molecule has 0 atom stereocenters. The van der Waals surface area contributed by atoms with Crippen molar-refractivity contribution < 1.29 is 0 Å². The first kappa shape index (κ1) is 16.8. The first-order valence-electron chi connectivity index (χ1n) is 6.41. The van der Waals surface area contributed by atoms with Crippen LogP contribution in [0, 0.1) is 10.8 Å². The zero-order valence-corrected chi connectivity index (χ0v) is 10.6.